The maximum absolute atomic E-state index is 10.5. The van der Waals surface area contributed by atoms with Crippen LogP contribution in [-0.4, -0.2) is 19.1 Å². The van der Waals surface area contributed by atoms with Gasteiger partial charge in [-0.1, -0.05) is 19.4 Å². The van der Waals surface area contributed by atoms with Crippen molar-refractivity contribution in [3.05, 3.63) is 11.6 Å². The molecule has 0 bridgehead atoms. The van der Waals surface area contributed by atoms with Gasteiger partial charge in [0.05, 0.1) is 6.61 Å². The number of amides is 1. The molecule has 0 aliphatic carbocycles. The third-order valence-electron chi connectivity index (χ3n) is 1.54. The minimum absolute atomic E-state index is 0.380. The Morgan fingerprint density at radius 3 is 2.75 bits per heavy atom. The number of hydrogen-bond donors (Lipinski definition) is 1. The zero-order valence-electron chi connectivity index (χ0n) is 7.80. The van der Waals surface area contributed by atoms with Crippen LogP contribution < -0.4 is 5.73 Å². The number of rotatable bonds is 6. The lowest BCUT2D eigenvalue weighted by molar-refractivity contribution is -0.114. The average molecular weight is 171 g/mol. The van der Waals surface area contributed by atoms with E-state index in [0.717, 1.165) is 19.4 Å². The van der Waals surface area contributed by atoms with E-state index in [1.807, 2.05) is 0 Å². The molecule has 0 aliphatic heterocycles. The molecular weight excluding hydrogens is 154 g/mol. The second-order valence-corrected chi connectivity index (χ2v) is 2.68. The first-order valence-corrected chi connectivity index (χ1v) is 4.22. The predicted octanol–water partition coefficient (Wildman–Crippen LogP) is 1.23. The van der Waals surface area contributed by atoms with Gasteiger partial charge in [0.1, 0.15) is 0 Å². The molecule has 3 heteroatoms. The van der Waals surface area contributed by atoms with Crippen LogP contribution in [0.4, 0.5) is 0 Å². The van der Waals surface area contributed by atoms with Crippen molar-refractivity contribution in [1.29, 1.82) is 0 Å². The zero-order valence-corrected chi connectivity index (χ0v) is 7.80. The van der Waals surface area contributed by atoms with Crippen LogP contribution in [-0.2, 0) is 9.53 Å². The minimum atomic E-state index is -0.380. The molecule has 1 amide bonds. The summed E-state index contributed by atoms with van der Waals surface area (Å²) >= 11 is 0. The first kappa shape index (κ1) is 11.2. The zero-order chi connectivity index (χ0) is 9.40. The van der Waals surface area contributed by atoms with Crippen molar-refractivity contribution in [2.24, 2.45) is 5.73 Å². The van der Waals surface area contributed by atoms with Crippen LogP contribution in [0.5, 0.6) is 0 Å². The van der Waals surface area contributed by atoms with E-state index in [0.29, 0.717) is 12.2 Å². The number of carbonyl (C=O) groups is 1. The van der Waals surface area contributed by atoms with Gasteiger partial charge < -0.3 is 10.5 Å². The molecule has 2 N–H and O–H groups in total. The van der Waals surface area contributed by atoms with Crippen molar-refractivity contribution in [3.63, 3.8) is 0 Å². The normalized spacial score (nSPS) is 11.7. The summed E-state index contributed by atoms with van der Waals surface area (Å²) < 4.78 is 5.21. The lowest BCUT2D eigenvalue weighted by atomic mass is 10.3. The molecule has 70 valence electrons. The van der Waals surface area contributed by atoms with Gasteiger partial charge in [0.15, 0.2) is 0 Å². The van der Waals surface area contributed by atoms with E-state index in [1.165, 1.54) is 0 Å². The average Bonchev–Trinajstić information content (AvgIpc) is 2.03. The Morgan fingerprint density at radius 1 is 1.58 bits per heavy atom. The van der Waals surface area contributed by atoms with E-state index in [9.17, 15) is 4.79 Å². The van der Waals surface area contributed by atoms with Crippen molar-refractivity contribution in [3.8, 4) is 0 Å². The quantitative estimate of drug-likeness (QED) is 0.483. The van der Waals surface area contributed by atoms with Crippen LogP contribution >= 0.6 is 0 Å². The molecule has 0 unspecified atom stereocenters. The lowest BCUT2D eigenvalue weighted by Gasteiger charge is -1.99. The largest absolute Gasteiger partial charge is 0.377 e. The third kappa shape index (κ3) is 5.92. The first-order valence-electron chi connectivity index (χ1n) is 4.22. The summed E-state index contributed by atoms with van der Waals surface area (Å²) in [5.41, 5.74) is 5.58. The fraction of sp³-hybridized carbons (Fsp3) is 0.667. The van der Waals surface area contributed by atoms with Gasteiger partial charge in [-0.2, -0.15) is 0 Å². The molecule has 0 spiro atoms. The van der Waals surface area contributed by atoms with Gasteiger partial charge in [0.2, 0.25) is 5.91 Å². The van der Waals surface area contributed by atoms with Crippen molar-refractivity contribution in [2.45, 2.75) is 26.7 Å². The highest BCUT2D eigenvalue weighted by molar-refractivity contribution is 5.91. The molecule has 0 aromatic carbocycles. The molecule has 0 radical (unpaired) electrons. The molecule has 0 fully saturated rings. The topological polar surface area (TPSA) is 52.3 Å². The fourth-order valence-electron chi connectivity index (χ4n) is 0.614. The molecule has 0 aromatic rings. The maximum atomic E-state index is 10.5. The summed E-state index contributed by atoms with van der Waals surface area (Å²) in [5.74, 6) is -0.380. The monoisotopic (exact) mass is 171 g/mol. The molecule has 0 heterocycles. The van der Waals surface area contributed by atoms with E-state index in [-0.39, 0.29) is 5.91 Å². The van der Waals surface area contributed by atoms with Crippen molar-refractivity contribution in [1.82, 2.24) is 0 Å². The number of carbonyl (C=O) groups excluding carboxylic acids is 1. The SMILES string of the molecule is CCCCOC/C=C(\C)C(N)=O. The molecule has 0 aromatic heterocycles. The summed E-state index contributed by atoms with van der Waals surface area (Å²) in [6, 6.07) is 0. The van der Waals surface area contributed by atoms with Crippen LogP contribution in [0, 0.1) is 0 Å². The van der Waals surface area contributed by atoms with E-state index < -0.39 is 0 Å². The second-order valence-electron chi connectivity index (χ2n) is 2.68. The molecule has 0 atom stereocenters. The van der Waals surface area contributed by atoms with E-state index in [2.05, 4.69) is 6.92 Å². The first-order chi connectivity index (χ1) is 5.68. The summed E-state index contributed by atoms with van der Waals surface area (Å²) in [6.07, 6.45) is 3.89. The third-order valence-corrected chi connectivity index (χ3v) is 1.54. The van der Waals surface area contributed by atoms with Gasteiger partial charge in [-0.05, 0) is 13.3 Å². The Kier molecular flexibility index (Phi) is 6.38. The van der Waals surface area contributed by atoms with Crippen LogP contribution in [0.25, 0.3) is 0 Å². The number of primary amides is 1. The van der Waals surface area contributed by atoms with Gasteiger partial charge in [-0.25, -0.2) is 0 Å². The van der Waals surface area contributed by atoms with Crippen LogP contribution in [0.2, 0.25) is 0 Å². The predicted molar refractivity (Wildman–Crippen MR) is 48.7 cm³/mol. The molecule has 12 heavy (non-hydrogen) atoms. The summed E-state index contributed by atoms with van der Waals surface area (Å²) in [7, 11) is 0. The minimum Gasteiger partial charge on any atom is -0.377 e. The summed E-state index contributed by atoms with van der Waals surface area (Å²) in [4.78, 5) is 10.5. The van der Waals surface area contributed by atoms with Crippen LogP contribution in [0.1, 0.15) is 26.7 Å². The summed E-state index contributed by atoms with van der Waals surface area (Å²) in [5, 5.41) is 0. The molecule has 0 saturated carbocycles. The van der Waals surface area contributed by atoms with Crippen molar-refractivity contribution < 1.29 is 9.53 Å². The number of hydrogen-bond acceptors (Lipinski definition) is 2. The number of ether oxygens (including phenoxy) is 1. The van der Waals surface area contributed by atoms with E-state index >= 15 is 0 Å². The molecule has 3 nitrogen and oxygen atoms in total. The number of unbranched alkanes of at least 4 members (excludes halogenated alkanes) is 1. The maximum Gasteiger partial charge on any atom is 0.244 e. The molecule has 0 aliphatic rings. The Bertz CT molecular complexity index is 164. The van der Waals surface area contributed by atoms with E-state index in [1.54, 1.807) is 13.0 Å². The standard InChI is InChI=1S/C9H17NO2/c1-3-4-6-12-7-5-8(2)9(10)11/h5H,3-4,6-7H2,1-2H3,(H2,10,11)/b8-5+. The Morgan fingerprint density at radius 2 is 2.25 bits per heavy atom. The van der Waals surface area contributed by atoms with Gasteiger partial charge in [0, 0.05) is 12.2 Å². The highest BCUT2D eigenvalue weighted by Gasteiger charge is 1.94. The Hall–Kier alpha value is -0.830. The van der Waals surface area contributed by atoms with Gasteiger partial charge in [0.25, 0.3) is 0 Å². The van der Waals surface area contributed by atoms with Gasteiger partial charge >= 0.3 is 0 Å². The lowest BCUT2D eigenvalue weighted by Crippen LogP contribution is -2.12. The van der Waals surface area contributed by atoms with E-state index in [4.69, 9.17) is 10.5 Å². The molecule has 0 rings (SSSR count). The second kappa shape index (κ2) is 6.85. The Balaban J connectivity index is 3.40. The van der Waals surface area contributed by atoms with Gasteiger partial charge in [-0.15, -0.1) is 0 Å². The van der Waals surface area contributed by atoms with Crippen LogP contribution in [0.3, 0.4) is 0 Å². The molecular formula is C9H17NO2. The van der Waals surface area contributed by atoms with Crippen molar-refractivity contribution >= 4 is 5.91 Å². The highest BCUT2D eigenvalue weighted by atomic mass is 16.5. The fourth-order valence-corrected chi connectivity index (χ4v) is 0.614. The number of nitrogens with two attached hydrogens (primary N) is 1. The van der Waals surface area contributed by atoms with Crippen molar-refractivity contribution in [2.75, 3.05) is 13.2 Å². The summed E-state index contributed by atoms with van der Waals surface area (Å²) in [6.45, 7) is 5.02. The highest BCUT2D eigenvalue weighted by Crippen LogP contribution is 1.92. The Labute approximate surface area is 73.6 Å². The molecule has 0 saturated heterocycles. The van der Waals surface area contributed by atoms with Gasteiger partial charge in [-0.3, -0.25) is 4.79 Å². The van der Waals surface area contributed by atoms with Crippen LogP contribution in [0.15, 0.2) is 11.6 Å². The smallest absolute Gasteiger partial charge is 0.244 e.